The molecule has 1 aromatic rings. The van der Waals surface area contributed by atoms with Crippen LogP contribution in [-0.2, 0) is 9.59 Å². The molecule has 2 amide bonds. The van der Waals surface area contributed by atoms with Gasteiger partial charge >= 0.3 is 0 Å². The van der Waals surface area contributed by atoms with E-state index in [1.807, 2.05) is 37.4 Å². The summed E-state index contributed by atoms with van der Waals surface area (Å²) >= 11 is 1.65. The van der Waals surface area contributed by atoms with E-state index in [1.165, 1.54) is 0 Å². The molecule has 0 radical (unpaired) electrons. The number of thioether (sulfide) groups is 1. The lowest BCUT2D eigenvalue weighted by Crippen LogP contribution is -2.62. The molecule has 2 atom stereocenters. The van der Waals surface area contributed by atoms with Crippen LogP contribution in [0.15, 0.2) is 29.2 Å². The van der Waals surface area contributed by atoms with Crippen LogP contribution in [0.2, 0.25) is 0 Å². The topological polar surface area (TPSA) is 49.4 Å². The molecule has 2 rings (SSSR count). The van der Waals surface area contributed by atoms with Crippen LogP contribution in [0.25, 0.3) is 0 Å². The number of nitrogens with one attached hydrogen (secondary N) is 1. The Hall–Kier alpha value is -1.49. The van der Waals surface area contributed by atoms with Crippen molar-refractivity contribution in [3.8, 4) is 0 Å². The molecule has 0 spiro atoms. The summed E-state index contributed by atoms with van der Waals surface area (Å²) in [7, 11) is 0. The van der Waals surface area contributed by atoms with Crippen molar-refractivity contribution in [3.63, 3.8) is 0 Å². The SMILES string of the molecule is CCCC1NC(=O)C(C)N(c2ccc(SC)cc2)C1=O. The number of carbonyl (C=O) groups excluding carboxylic acids is 2. The van der Waals surface area contributed by atoms with Gasteiger partial charge in [0.25, 0.3) is 0 Å². The first-order valence-electron chi connectivity index (χ1n) is 6.86. The van der Waals surface area contributed by atoms with Crippen LogP contribution >= 0.6 is 11.8 Å². The fraction of sp³-hybridized carbons (Fsp3) is 0.467. The van der Waals surface area contributed by atoms with E-state index in [1.54, 1.807) is 23.6 Å². The van der Waals surface area contributed by atoms with Crippen molar-refractivity contribution in [2.24, 2.45) is 0 Å². The first kappa shape index (κ1) is 14.9. The van der Waals surface area contributed by atoms with Crippen molar-refractivity contribution in [2.45, 2.75) is 43.7 Å². The Morgan fingerprint density at radius 3 is 2.45 bits per heavy atom. The molecular weight excluding hydrogens is 272 g/mol. The standard InChI is InChI=1S/C15H20N2O2S/c1-4-5-13-15(19)17(10(2)14(18)16-13)11-6-8-12(20-3)9-7-11/h6-10,13H,4-5H2,1-3H3,(H,16,18). The van der Waals surface area contributed by atoms with Crippen LogP contribution in [0.1, 0.15) is 26.7 Å². The third kappa shape index (κ3) is 2.82. The van der Waals surface area contributed by atoms with Gasteiger partial charge in [-0.25, -0.2) is 0 Å². The zero-order valence-electron chi connectivity index (χ0n) is 12.1. The molecule has 1 aliphatic rings. The number of benzene rings is 1. The summed E-state index contributed by atoms with van der Waals surface area (Å²) in [6, 6.07) is 6.89. The predicted molar refractivity (Wildman–Crippen MR) is 82.0 cm³/mol. The number of hydrogen-bond acceptors (Lipinski definition) is 3. The fourth-order valence-electron chi connectivity index (χ4n) is 2.41. The van der Waals surface area contributed by atoms with Gasteiger partial charge in [0.05, 0.1) is 0 Å². The largest absolute Gasteiger partial charge is 0.342 e. The van der Waals surface area contributed by atoms with Crippen LogP contribution < -0.4 is 10.2 Å². The van der Waals surface area contributed by atoms with E-state index in [0.29, 0.717) is 6.42 Å². The Labute approximate surface area is 123 Å². The average molecular weight is 292 g/mol. The molecule has 0 saturated carbocycles. The highest BCUT2D eigenvalue weighted by atomic mass is 32.2. The molecule has 108 valence electrons. The third-order valence-corrected chi connectivity index (χ3v) is 4.29. The second-order valence-electron chi connectivity index (χ2n) is 4.93. The molecular formula is C15H20N2O2S. The predicted octanol–water partition coefficient (Wildman–Crippen LogP) is 2.43. The zero-order valence-corrected chi connectivity index (χ0v) is 12.9. The maximum absolute atomic E-state index is 12.5. The molecule has 1 N–H and O–H groups in total. The zero-order chi connectivity index (χ0) is 14.7. The Kier molecular flexibility index (Phi) is 4.70. The summed E-state index contributed by atoms with van der Waals surface area (Å²) in [6.07, 6.45) is 3.55. The average Bonchev–Trinajstić information content (AvgIpc) is 2.46. The lowest BCUT2D eigenvalue weighted by Gasteiger charge is -2.37. The van der Waals surface area contributed by atoms with Crippen LogP contribution in [0.5, 0.6) is 0 Å². The van der Waals surface area contributed by atoms with E-state index < -0.39 is 12.1 Å². The highest BCUT2D eigenvalue weighted by Gasteiger charge is 2.38. The van der Waals surface area contributed by atoms with E-state index in [9.17, 15) is 9.59 Å². The van der Waals surface area contributed by atoms with Crippen LogP contribution in [0, 0.1) is 0 Å². The lowest BCUT2D eigenvalue weighted by molar-refractivity contribution is -0.133. The van der Waals surface area contributed by atoms with Crippen LogP contribution in [0.3, 0.4) is 0 Å². The van der Waals surface area contributed by atoms with Crippen LogP contribution in [0.4, 0.5) is 5.69 Å². The van der Waals surface area contributed by atoms with Gasteiger partial charge < -0.3 is 5.32 Å². The number of anilines is 1. The molecule has 4 nitrogen and oxygen atoms in total. The molecule has 0 aromatic heterocycles. The Morgan fingerprint density at radius 2 is 1.90 bits per heavy atom. The molecule has 2 unspecified atom stereocenters. The fourth-order valence-corrected chi connectivity index (χ4v) is 2.82. The summed E-state index contributed by atoms with van der Waals surface area (Å²) in [4.78, 5) is 27.3. The highest BCUT2D eigenvalue weighted by molar-refractivity contribution is 7.98. The first-order valence-corrected chi connectivity index (χ1v) is 8.08. The summed E-state index contributed by atoms with van der Waals surface area (Å²) in [6.45, 7) is 3.77. The summed E-state index contributed by atoms with van der Waals surface area (Å²) < 4.78 is 0. The minimum Gasteiger partial charge on any atom is -0.342 e. The first-order chi connectivity index (χ1) is 9.58. The maximum atomic E-state index is 12.5. The number of carbonyl (C=O) groups is 2. The van der Waals surface area contributed by atoms with E-state index >= 15 is 0 Å². The molecule has 1 aliphatic heterocycles. The number of hydrogen-bond donors (Lipinski definition) is 1. The number of rotatable bonds is 4. The second kappa shape index (κ2) is 6.31. The van der Waals surface area contributed by atoms with Crippen molar-refractivity contribution in [1.29, 1.82) is 0 Å². The minimum absolute atomic E-state index is 0.0177. The number of piperazine rings is 1. The second-order valence-corrected chi connectivity index (χ2v) is 5.81. The van der Waals surface area contributed by atoms with Gasteiger partial charge in [-0.15, -0.1) is 11.8 Å². The van der Waals surface area contributed by atoms with Gasteiger partial charge in [0.15, 0.2) is 0 Å². The monoisotopic (exact) mass is 292 g/mol. The van der Waals surface area contributed by atoms with Gasteiger partial charge in [-0.2, -0.15) is 0 Å². The summed E-state index contributed by atoms with van der Waals surface area (Å²) in [5.74, 6) is -0.104. The summed E-state index contributed by atoms with van der Waals surface area (Å²) in [5.41, 5.74) is 0.788. The van der Waals surface area contributed by atoms with Gasteiger partial charge in [0, 0.05) is 10.6 Å². The Bertz CT molecular complexity index is 501. The molecule has 5 heteroatoms. The van der Waals surface area contributed by atoms with E-state index in [0.717, 1.165) is 17.0 Å². The molecule has 1 aromatic carbocycles. The van der Waals surface area contributed by atoms with Crippen molar-refractivity contribution in [2.75, 3.05) is 11.2 Å². The molecule has 1 heterocycles. The smallest absolute Gasteiger partial charge is 0.250 e. The van der Waals surface area contributed by atoms with Crippen molar-refractivity contribution in [3.05, 3.63) is 24.3 Å². The van der Waals surface area contributed by atoms with Gasteiger partial charge in [-0.3, -0.25) is 14.5 Å². The van der Waals surface area contributed by atoms with E-state index in [4.69, 9.17) is 0 Å². The van der Waals surface area contributed by atoms with Crippen molar-refractivity contribution in [1.82, 2.24) is 5.32 Å². The minimum atomic E-state index is -0.462. The third-order valence-electron chi connectivity index (χ3n) is 3.55. The number of nitrogens with zero attached hydrogens (tertiary/aromatic N) is 1. The molecule has 20 heavy (non-hydrogen) atoms. The molecule has 0 aliphatic carbocycles. The highest BCUT2D eigenvalue weighted by Crippen LogP contribution is 2.25. The quantitative estimate of drug-likeness (QED) is 0.867. The summed E-state index contributed by atoms with van der Waals surface area (Å²) in [5, 5.41) is 2.80. The Balaban J connectivity index is 2.29. The number of amides is 2. The Morgan fingerprint density at radius 1 is 1.25 bits per heavy atom. The maximum Gasteiger partial charge on any atom is 0.250 e. The van der Waals surface area contributed by atoms with Gasteiger partial charge in [-0.1, -0.05) is 13.3 Å². The van der Waals surface area contributed by atoms with Gasteiger partial charge in [0.2, 0.25) is 11.8 Å². The van der Waals surface area contributed by atoms with Crippen LogP contribution in [-0.4, -0.2) is 30.2 Å². The van der Waals surface area contributed by atoms with E-state index in [2.05, 4.69) is 5.32 Å². The molecule has 1 saturated heterocycles. The van der Waals surface area contributed by atoms with E-state index in [-0.39, 0.29) is 11.8 Å². The van der Waals surface area contributed by atoms with Gasteiger partial charge in [-0.05, 0) is 43.9 Å². The van der Waals surface area contributed by atoms with Gasteiger partial charge in [0.1, 0.15) is 12.1 Å². The molecule has 1 fully saturated rings. The normalized spacial score (nSPS) is 22.9. The van der Waals surface area contributed by atoms with Crippen molar-refractivity contribution >= 4 is 29.3 Å². The van der Waals surface area contributed by atoms with Crippen molar-refractivity contribution < 1.29 is 9.59 Å². The lowest BCUT2D eigenvalue weighted by atomic mass is 10.0. The molecule has 0 bridgehead atoms.